The Bertz CT molecular complexity index is 1060. The third-order valence-electron chi connectivity index (χ3n) is 3.80. The summed E-state index contributed by atoms with van der Waals surface area (Å²) < 4.78 is 5.06. The van der Waals surface area contributed by atoms with Gasteiger partial charge in [0, 0.05) is 24.1 Å². The molecule has 9 nitrogen and oxygen atoms in total. The van der Waals surface area contributed by atoms with Crippen LogP contribution in [-0.4, -0.2) is 37.6 Å². The molecule has 0 fully saturated rings. The van der Waals surface area contributed by atoms with Crippen molar-refractivity contribution in [2.45, 2.75) is 13.3 Å². The molecule has 138 valence electrons. The van der Waals surface area contributed by atoms with Gasteiger partial charge in [-0.3, -0.25) is 10.1 Å². The molecular weight excluding hydrogens is 352 g/mol. The summed E-state index contributed by atoms with van der Waals surface area (Å²) >= 11 is 0. The maximum absolute atomic E-state index is 11.4. The Balaban J connectivity index is 1.85. The second-order valence-electron chi connectivity index (χ2n) is 5.91. The molecule has 0 atom stereocenters. The standard InChI is InChI=1S/C18H16N4O5/c1-11(2)18(24)27-8-7-12-3-6-17(23)16(9-12)21-19-14-5-4-13(22(25)26)10-15(14)20-21/h3-6,9-10,23H,1,7-8H2,2H3. The normalized spacial score (nSPS) is 10.7. The van der Waals surface area contributed by atoms with Crippen LogP contribution in [0.2, 0.25) is 0 Å². The Hall–Kier alpha value is -3.75. The van der Waals surface area contributed by atoms with Crippen molar-refractivity contribution in [3.8, 4) is 11.4 Å². The van der Waals surface area contributed by atoms with Gasteiger partial charge in [0.1, 0.15) is 22.5 Å². The number of nitro groups is 1. The molecule has 1 heterocycles. The number of aromatic hydroxyl groups is 1. The molecule has 0 bridgehead atoms. The highest BCUT2D eigenvalue weighted by Gasteiger charge is 2.13. The summed E-state index contributed by atoms with van der Waals surface area (Å²) in [5, 5.41) is 29.5. The highest BCUT2D eigenvalue weighted by atomic mass is 16.6. The van der Waals surface area contributed by atoms with Crippen LogP contribution in [-0.2, 0) is 16.0 Å². The number of aromatic nitrogens is 3. The van der Waals surface area contributed by atoms with Gasteiger partial charge in [0.05, 0.1) is 11.5 Å². The third kappa shape index (κ3) is 3.92. The van der Waals surface area contributed by atoms with E-state index in [-0.39, 0.29) is 18.0 Å². The van der Waals surface area contributed by atoms with Crippen LogP contribution in [0.4, 0.5) is 5.69 Å². The molecule has 0 saturated heterocycles. The molecule has 9 heteroatoms. The first kappa shape index (κ1) is 18.1. The number of rotatable bonds is 6. The number of carbonyl (C=O) groups excluding carboxylic acids is 1. The minimum Gasteiger partial charge on any atom is -0.506 e. The smallest absolute Gasteiger partial charge is 0.333 e. The molecule has 0 aliphatic carbocycles. The van der Waals surface area contributed by atoms with E-state index in [2.05, 4.69) is 16.8 Å². The van der Waals surface area contributed by atoms with E-state index >= 15 is 0 Å². The van der Waals surface area contributed by atoms with Gasteiger partial charge in [-0.05, 0) is 30.7 Å². The zero-order chi connectivity index (χ0) is 19.6. The minimum absolute atomic E-state index is 0.0486. The lowest BCUT2D eigenvalue weighted by molar-refractivity contribution is -0.384. The summed E-state index contributed by atoms with van der Waals surface area (Å²) in [6.45, 7) is 5.25. The van der Waals surface area contributed by atoms with Crippen molar-refractivity contribution in [3.63, 3.8) is 0 Å². The molecule has 0 aliphatic rings. The number of nitrogens with zero attached hydrogens (tertiary/aromatic N) is 4. The number of hydrogen-bond acceptors (Lipinski definition) is 7. The van der Waals surface area contributed by atoms with Gasteiger partial charge in [-0.25, -0.2) is 4.79 Å². The topological polar surface area (TPSA) is 120 Å². The summed E-state index contributed by atoms with van der Waals surface area (Å²) in [5.41, 5.74) is 2.14. The number of nitro benzene ring substituents is 1. The molecule has 1 aromatic heterocycles. The van der Waals surface area contributed by atoms with Gasteiger partial charge in [-0.1, -0.05) is 12.6 Å². The highest BCUT2D eigenvalue weighted by molar-refractivity contribution is 5.86. The first-order valence-corrected chi connectivity index (χ1v) is 8.01. The van der Waals surface area contributed by atoms with Gasteiger partial charge >= 0.3 is 5.97 Å². The number of phenolic OH excluding ortho intramolecular Hbond substituents is 1. The first-order chi connectivity index (χ1) is 12.8. The van der Waals surface area contributed by atoms with E-state index in [9.17, 15) is 20.0 Å². The van der Waals surface area contributed by atoms with Gasteiger partial charge in [-0.2, -0.15) is 0 Å². The van der Waals surface area contributed by atoms with E-state index in [1.54, 1.807) is 19.1 Å². The zero-order valence-electron chi connectivity index (χ0n) is 14.5. The maximum atomic E-state index is 11.4. The van der Waals surface area contributed by atoms with E-state index in [1.807, 2.05) is 0 Å². The number of non-ortho nitro benzene ring substituents is 1. The van der Waals surface area contributed by atoms with Crippen LogP contribution < -0.4 is 0 Å². The third-order valence-corrected chi connectivity index (χ3v) is 3.80. The predicted molar refractivity (Wildman–Crippen MR) is 96.7 cm³/mol. The van der Waals surface area contributed by atoms with Crippen LogP contribution in [0, 0.1) is 10.1 Å². The van der Waals surface area contributed by atoms with Crippen molar-refractivity contribution >= 4 is 22.7 Å². The van der Waals surface area contributed by atoms with Crippen molar-refractivity contribution in [1.29, 1.82) is 0 Å². The molecule has 3 rings (SSSR count). The number of benzene rings is 2. The Morgan fingerprint density at radius 2 is 2.00 bits per heavy atom. The van der Waals surface area contributed by atoms with E-state index in [4.69, 9.17) is 4.74 Å². The molecule has 0 aliphatic heterocycles. The van der Waals surface area contributed by atoms with Crippen molar-refractivity contribution in [1.82, 2.24) is 15.0 Å². The maximum Gasteiger partial charge on any atom is 0.333 e. The van der Waals surface area contributed by atoms with Crippen LogP contribution in [0.15, 0.2) is 48.6 Å². The highest BCUT2D eigenvalue weighted by Crippen LogP contribution is 2.24. The van der Waals surface area contributed by atoms with E-state index in [0.29, 0.717) is 28.7 Å². The molecule has 0 unspecified atom stereocenters. The summed E-state index contributed by atoms with van der Waals surface area (Å²) in [6, 6.07) is 9.00. The Labute approximate surface area is 153 Å². The number of hydrogen-bond donors (Lipinski definition) is 1. The van der Waals surface area contributed by atoms with Gasteiger partial charge in [0.2, 0.25) is 0 Å². The van der Waals surface area contributed by atoms with E-state index < -0.39 is 10.9 Å². The second kappa shape index (κ2) is 7.24. The summed E-state index contributed by atoms with van der Waals surface area (Å²) in [7, 11) is 0. The fraction of sp³-hybridized carbons (Fsp3) is 0.167. The van der Waals surface area contributed by atoms with Crippen molar-refractivity contribution in [3.05, 3.63) is 64.2 Å². The van der Waals surface area contributed by atoms with Crippen LogP contribution in [0.5, 0.6) is 5.75 Å². The minimum atomic E-state index is -0.511. The number of esters is 1. The van der Waals surface area contributed by atoms with Crippen LogP contribution >= 0.6 is 0 Å². The SMILES string of the molecule is C=C(C)C(=O)OCCc1ccc(O)c(-n2nc3ccc([N+](=O)[O-])cc3n2)c1. The van der Waals surface area contributed by atoms with Gasteiger partial charge in [-0.15, -0.1) is 15.0 Å². The number of fused-ring (bicyclic) bond motifs is 1. The molecule has 0 radical (unpaired) electrons. The predicted octanol–water partition coefficient (Wildman–Crippen LogP) is 2.70. The summed E-state index contributed by atoms with van der Waals surface area (Å²) in [4.78, 5) is 23.0. The largest absolute Gasteiger partial charge is 0.506 e. The van der Waals surface area contributed by atoms with Crippen LogP contribution in [0.25, 0.3) is 16.7 Å². The molecular formula is C18H16N4O5. The summed E-state index contributed by atoms with van der Waals surface area (Å²) in [6.07, 6.45) is 0.429. The van der Waals surface area contributed by atoms with Gasteiger partial charge < -0.3 is 9.84 Å². The lowest BCUT2D eigenvalue weighted by atomic mass is 10.1. The number of ether oxygens (including phenoxy) is 1. The van der Waals surface area contributed by atoms with Crippen molar-refractivity contribution in [2.24, 2.45) is 0 Å². The molecule has 0 spiro atoms. The van der Waals surface area contributed by atoms with E-state index in [1.165, 1.54) is 29.1 Å². The Morgan fingerprint density at radius 3 is 2.70 bits per heavy atom. The quantitative estimate of drug-likeness (QED) is 0.307. The molecule has 3 aromatic rings. The first-order valence-electron chi connectivity index (χ1n) is 8.01. The van der Waals surface area contributed by atoms with E-state index in [0.717, 1.165) is 5.56 Å². The average molecular weight is 368 g/mol. The van der Waals surface area contributed by atoms with Gasteiger partial charge in [0.15, 0.2) is 0 Å². The number of phenols is 1. The summed E-state index contributed by atoms with van der Waals surface area (Å²) in [5.74, 6) is -0.511. The van der Waals surface area contributed by atoms with Crippen molar-refractivity contribution < 1.29 is 19.6 Å². The Morgan fingerprint density at radius 1 is 1.26 bits per heavy atom. The fourth-order valence-electron chi connectivity index (χ4n) is 2.39. The molecule has 1 N–H and O–H groups in total. The average Bonchev–Trinajstić information content (AvgIpc) is 3.05. The fourth-order valence-corrected chi connectivity index (χ4v) is 2.39. The Kier molecular flexibility index (Phi) is 4.84. The second-order valence-corrected chi connectivity index (χ2v) is 5.91. The zero-order valence-corrected chi connectivity index (χ0v) is 14.5. The number of carbonyl (C=O) groups is 1. The molecule has 0 amide bonds. The van der Waals surface area contributed by atoms with Gasteiger partial charge in [0.25, 0.3) is 5.69 Å². The molecule has 27 heavy (non-hydrogen) atoms. The lowest BCUT2D eigenvalue weighted by Crippen LogP contribution is -2.08. The molecule has 0 saturated carbocycles. The molecule has 2 aromatic carbocycles. The monoisotopic (exact) mass is 368 g/mol. The van der Waals surface area contributed by atoms with Crippen LogP contribution in [0.1, 0.15) is 12.5 Å². The van der Waals surface area contributed by atoms with Crippen LogP contribution in [0.3, 0.4) is 0 Å². The van der Waals surface area contributed by atoms with Crippen molar-refractivity contribution in [2.75, 3.05) is 6.61 Å². The lowest BCUT2D eigenvalue weighted by Gasteiger charge is -2.08.